The smallest absolute Gasteiger partial charge is 0.173 e. The van der Waals surface area contributed by atoms with E-state index in [1.54, 1.807) is 7.11 Å². The Labute approximate surface area is 153 Å². The number of ether oxygens (including phenoxy) is 1. The molecule has 1 aliphatic rings. The zero-order valence-electron chi connectivity index (χ0n) is 13.5. The first-order valence-corrected chi connectivity index (χ1v) is 8.66. The van der Waals surface area contributed by atoms with Crippen LogP contribution in [0.5, 0.6) is 5.75 Å². The Bertz CT molecular complexity index is 717. The summed E-state index contributed by atoms with van der Waals surface area (Å²) in [5.74, 6) is 0.905. The molecule has 6 heteroatoms. The topological polar surface area (TPSA) is 27.7 Å². The standard InChI is InChI=1S/C18H20ClN3OS/c1-23-17-9-5-4-8-16(17)21-10-12-22(13-11-21)18(24)20-15-7-3-2-6-14(15)19/h2-9H,10-13H2,1H3,(H,20,24). The summed E-state index contributed by atoms with van der Waals surface area (Å²) < 4.78 is 5.46. The average molecular weight is 362 g/mol. The Balaban J connectivity index is 1.61. The Morgan fingerprint density at radius 3 is 2.42 bits per heavy atom. The fourth-order valence-corrected chi connectivity index (χ4v) is 3.27. The van der Waals surface area contributed by atoms with E-state index in [1.165, 1.54) is 0 Å². The van der Waals surface area contributed by atoms with Crippen LogP contribution < -0.4 is 15.0 Å². The van der Waals surface area contributed by atoms with E-state index in [0.717, 1.165) is 43.3 Å². The van der Waals surface area contributed by atoms with Gasteiger partial charge in [0.25, 0.3) is 0 Å². The first kappa shape index (κ1) is 16.9. The fraction of sp³-hybridized carbons (Fsp3) is 0.278. The van der Waals surface area contributed by atoms with Crippen molar-refractivity contribution in [2.75, 3.05) is 43.5 Å². The summed E-state index contributed by atoms with van der Waals surface area (Å²) in [5.41, 5.74) is 1.97. The molecule has 1 N–H and O–H groups in total. The van der Waals surface area contributed by atoms with Crippen molar-refractivity contribution in [2.24, 2.45) is 0 Å². The summed E-state index contributed by atoms with van der Waals surface area (Å²) in [4.78, 5) is 4.50. The van der Waals surface area contributed by atoms with Gasteiger partial charge in [-0.15, -0.1) is 0 Å². The van der Waals surface area contributed by atoms with E-state index in [9.17, 15) is 0 Å². The van der Waals surface area contributed by atoms with E-state index in [2.05, 4.69) is 21.2 Å². The number of methoxy groups -OCH3 is 1. The van der Waals surface area contributed by atoms with Gasteiger partial charge >= 0.3 is 0 Å². The minimum absolute atomic E-state index is 0.674. The lowest BCUT2D eigenvalue weighted by molar-refractivity contribution is 0.382. The molecule has 0 aromatic heterocycles. The molecule has 0 radical (unpaired) electrons. The van der Waals surface area contributed by atoms with Crippen LogP contribution in [0, 0.1) is 0 Å². The first-order valence-electron chi connectivity index (χ1n) is 7.87. The summed E-state index contributed by atoms with van der Waals surface area (Å²) in [7, 11) is 1.71. The summed E-state index contributed by atoms with van der Waals surface area (Å²) in [6.07, 6.45) is 0. The third kappa shape index (κ3) is 3.74. The van der Waals surface area contributed by atoms with Gasteiger partial charge in [0.05, 0.1) is 23.5 Å². The highest BCUT2D eigenvalue weighted by molar-refractivity contribution is 7.80. The average Bonchev–Trinajstić information content (AvgIpc) is 2.63. The lowest BCUT2D eigenvalue weighted by Crippen LogP contribution is -2.50. The maximum absolute atomic E-state index is 6.18. The zero-order valence-corrected chi connectivity index (χ0v) is 15.1. The van der Waals surface area contributed by atoms with Crippen LogP contribution >= 0.6 is 23.8 Å². The van der Waals surface area contributed by atoms with Crippen molar-refractivity contribution in [3.63, 3.8) is 0 Å². The van der Waals surface area contributed by atoms with Crippen molar-refractivity contribution in [1.82, 2.24) is 4.90 Å². The number of nitrogens with one attached hydrogen (secondary N) is 1. The molecular formula is C18H20ClN3OS. The molecular weight excluding hydrogens is 342 g/mol. The van der Waals surface area contributed by atoms with Crippen LogP contribution in [-0.2, 0) is 0 Å². The lowest BCUT2D eigenvalue weighted by Gasteiger charge is -2.37. The number of rotatable bonds is 3. The Morgan fingerprint density at radius 1 is 1.04 bits per heavy atom. The maximum Gasteiger partial charge on any atom is 0.173 e. The van der Waals surface area contributed by atoms with E-state index in [4.69, 9.17) is 28.6 Å². The molecule has 0 aliphatic carbocycles. The number of hydrogen-bond donors (Lipinski definition) is 1. The number of thiocarbonyl (C=S) groups is 1. The van der Waals surface area contributed by atoms with Gasteiger partial charge in [-0.25, -0.2) is 0 Å². The highest BCUT2D eigenvalue weighted by Gasteiger charge is 2.21. The SMILES string of the molecule is COc1ccccc1N1CCN(C(=S)Nc2ccccc2Cl)CC1. The molecule has 24 heavy (non-hydrogen) atoms. The number of hydrogen-bond acceptors (Lipinski definition) is 3. The van der Waals surface area contributed by atoms with Crippen molar-refractivity contribution in [1.29, 1.82) is 0 Å². The van der Waals surface area contributed by atoms with Crippen molar-refractivity contribution >= 4 is 40.3 Å². The van der Waals surface area contributed by atoms with Crippen LogP contribution in [-0.4, -0.2) is 43.3 Å². The second-order valence-electron chi connectivity index (χ2n) is 5.56. The van der Waals surface area contributed by atoms with Crippen molar-refractivity contribution < 1.29 is 4.74 Å². The molecule has 3 rings (SSSR count). The highest BCUT2D eigenvalue weighted by Crippen LogP contribution is 2.28. The van der Waals surface area contributed by atoms with Gasteiger partial charge in [-0.1, -0.05) is 35.9 Å². The van der Waals surface area contributed by atoms with E-state index in [1.807, 2.05) is 42.5 Å². The van der Waals surface area contributed by atoms with Crippen LogP contribution in [0.2, 0.25) is 5.02 Å². The number of nitrogens with zero attached hydrogens (tertiary/aromatic N) is 2. The van der Waals surface area contributed by atoms with E-state index in [0.29, 0.717) is 10.1 Å². The van der Waals surface area contributed by atoms with Crippen molar-refractivity contribution in [2.45, 2.75) is 0 Å². The molecule has 1 heterocycles. The second kappa shape index (κ2) is 7.73. The number of benzene rings is 2. The van der Waals surface area contributed by atoms with Crippen LogP contribution in [0.4, 0.5) is 11.4 Å². The number of halogens is 1. The molecule has 0 saturated carbocycles. The van der Waals surface area contributed by atoms with Gasteiger partial charge in [-0.3, -0.25) is 0 Å². The number of para-hydroxylation sites is 3. The minimum atomic E-state index is 0.674. The fourth-order valence-electron chi connectivity index (χ4n) is 2.80. The molecule has 4 nitrogen and oxygen atoms in total. The summed E-state index contributed by atoms with van der Waals surface area (Å²) in [5, 5.41) is 4.62. The highest BCUT2D eigenvalue weighted by atomic mass is 35.5. The molecule has 0 amide bonds. The van der Waals surface area contributed by atoms with Gasteiger partial charge < -0.3 is 19.9 Å². The molecule has 2 aromatic carbocycles. The van der Waals surface area contributed by atoms with Crippen LogP contribution in [0.3, 0.4) is 0 Å². The van der Waals surface area contributed by atoms with Crippen LogP contribution in [0.1, 0.15) is 0 Å². The van der Waals surface area contributed by atoms with E-state index < -0.39 is 0 Å². The molecule has 1 aliphatic heterocycles. The molecule has 0 unspecified atom stereocenters. The maximum atomic E-state index is 6.18. The van der Waals surface area contributed by atoms with Crippen LogP contribution in [0.25, 0.3) is 0 Å². The van der Waals surface area contributed by atoms with E-state index in [-0.39, 0.29) is 0 Å². The molecule has 0 atom stereocenters. The molecule has 1 saturated heterocycles. The third-order valence-electron chi connectivity index (χ3n) is 4.11. The van der Waals surface area contributed by atoms with Gasteiger partial charge in [0.2, 0.25) is 0 Å². The Hall–Kier alpha value is -1.98. The van der Waals surface area contributed by atoms with E-state index >= 15 is 0 Å². The summed E-state index contributed by atoms with van der Waals surface area (Å²) >= 11 is 11.7. The Morgan fingerprint density at radius 2 is 1.71 bits per heavy atom. The van der Waals surface area contributed by atoms with Crippen molar-refractivity contribution in [3.8, 4) is 5.75 Å². The quantitative estimate of drug-likeness (QED) is 0.838. The predicted molar refractivity (Wildman–Crippen MR) is 104 cm³/mol. The van der Waals surface area contributed by atoms with Gasteiger partial charge in [0.15, 0.2) is 5.11 Å². The number of anilines is 2. The van der Waals surface area contributed by atoms with Gasteiger partial charge in [-0.05, 0) is 36.5 Å². The Kier molecular flexibility index (Phi) is 5.43. The monoisotopic (exact) mass is 361 g/mol. The molecule has 1 fully saturated rings. The third-order valence-corrected chi connectivity index (χ3v) is 4.80. The molecule has 0 bridgehead atoms. The molecule has 0 spiro atoms. The largest absolute Gasteiger partial charge is 0.495 e. The van der Waals surface area contributed by atoms with Crippen LogP contribution in [0.15, 0.2) is 48.5 Å². The predicted octanol–water partition coefficient (Wildman–Crippen LogP) is 3.87. The summed E-state index contributed by atoms with van der Waals surface area (Å²) in [6.45, 7) is 3.50. The van der Waals surface area contributed by atoms with Gasteiger partial charge in [0.1, 0.15) is 5.75 Å². The second-order valence-corrected chi connectivity index (χ2v) is 6.35. The number of piperazine rings is 1. The molecule has 126 valence electrons. The normalized spacial score (nSPS) is 14.4. The minimum Gasteiger partial charge on any atom is -0.495 e. The van der Waals surface area contributed by atoms with Gasteiger partial charge in [-0.2, -0.15) is 0 Å². The lowest BCUT2D eigenvalue weighted by atomic mass is 10.2. The van der Waals surface area contributed by atoms with Crippen molar-refractivity contribution in [3.05, 3.63) is 53.6 Å². The summed E-state index contributed by atoms with van der Waals surface area (Å²) in [6, 6.07) is 15.7. The zero-order chi connectivity index (χ0) is 16.9. The first-order chi connectivity index (χ1) is 11.7. The molecule has 2 aromatic rings. The van der Waals surface area contributed by atoms with Gasteiger partial charge in [0, 0.05) is 26.2 Å².